The van der Waals surface area contributed by atoms with Crippen molar-refractivity contribution in [1.82, 2.24) is 9.55 Å². The summed E-state index contributed by atoms with van der Waals surface area (Å²) in [5.41, 5.74) is 2.97. The van der Waals surface area contributed by atoms with Crippen molar-refractivity contribution in [2.75, 3.05) is 11.1 Å². The molecule has 26 heavy (non-hydrogen) atoms. The van der Waals surface area contributed by atoms with E-state index in [4.69, 9.17) is 0 Å². The number of hydrogen-bond acceptors (Lipinski definition) is 5. The van der Waals surface area contributed by atoms with E-state index in [1.54, 1.807) is 16.7 Å². The third-order valence-corrected chi connectivity index (χ3v) is 5.77. The first-order valence-corrected chi connectivity index (χ1v) is 9.95. The van der Waals surface area contributed by atoms with Crippen molar-refractivity contribution in [2.45, 2.75) is 25.5 Å². The maximum Gasteiger partial charge on any atom is 0.263 e. The van der Waals surface area contributed by atoms with Crippen molar-refractivity contribution in [3.8, 4) is 0 Å². The molecule has 2 heterocycles. The van der Waals surface area contributed by atoms with Crippen molar-refractivity contribution >= 4 is 44.9 Å². The molecule has 0 aliphatic carbocycles. The number of hydrogen-bond donors (Lipinski definition) is 1. The highest BCUT2D eigenvalue weighted by molar-refractivity contribution is 7.99. The summed E-state index contributed by atoms with van der Waals surface area (Å²) < 4.78 is 1.55. The van der Waals surface area contributed by atoms with Gasteiger partial charge in [0, 0.05) is 12.2 Å². The Balaban J connectivity index is 1.77. The van der Waals surface area contributed by atoms with Gasteiger partial charge in [0.1, 0.15) is 4.83 Å². The molecule has 0 spiro atoms. The lowest BCUT2D eigenvalue weighted by Crippen LogP contribution is -2.23. The van der Waals surface area contributed by atoms with Gasteiger partial charge in [0.25, 0.3) is 5.56 Å². The highest BCUT2D eigenvalue weighted by atomic mass is 32.2. The van der Waals surface area contributed by atoms with E-state index in [2.05, 4.69) is 16.9 Å². The Morgan fingerprint density at radius 2 is 2.15 bits per heavy atom. The Hall–Kier alpha value is -2.38. The highest BCUT2D eigenvalue weighted by Crippen LogP contribution is 2.22. The average Bonchev–Trinajstić information content (AvgIpc) is 3.08. The van der Waals surface area contributed by atoms with Gasteiger partial charge in [-0.2, -0.15) is 0 Å². The summed E-state index contributed by atoms with van der Waals surface area (Å²) in [5.74, 6) is 0.0387. The first kappa shape index (κ1) is 18.4. The highest BCUT2D eigenvalue weighted by Gasteiger charge is 2.13. The molecular formula is C19H19N3O2S2. The van der Waals surface area contributed by atoms with Gasteiger partial charge < -0.3 is 5.32 Å². The zero-order valence-corrected chi connectivity index (χ0v) is 16.2. The monoisotopic (exact) mass is 385 g/mol. The molecule has 0 atom stereocenters. The fourth-order valence-electron chi connectivity index (χ4n) is 2.48. The van der Waals surface area contributed by atoms with E-state index in [0.717, 1.165) is 11.3 Å². The number of allylic oxidation sites excluding steroid dienone is 1. The molecule has 7 heteroatoms. The number of rotatable bonds is 6. The van der Waals surface area contributed by atoms with Crippen LogP contribution < -0.4 is 10.9 Å². The average molecular weight is 386 g/mol. The molecule has 0 radical (unpaired) electrons. The zero-order valence-electron chi connectivity index (χ0n) is 14.6. The van der Waals surface area contributed by atoms with Crippen molar-refractivity contribution in [3.05, 3.63) is 63.8 Å². The smallest absolute Gasteiger partial charge is 0.263 e. The van der Waals surface area contributed by atoms with Crippen LogP contribution in [0.2, 0.25) is 0 Å². The van der Waals surface area contributed by atoms with Gasteiger partial charge in [-0.3, -0.25) is 14.2 Å². The van der Waals surface area contributed by atoms with Gasteiger partial charge in [-0.15, -0.1) is 17.9 Å². The standard InChI is InChI=1S/C19H19N3O2S2/c1-4-8-22-18(24)15-7-9-25-17(15)21-19(22)26-11-16(23)20-14-6-5-12(2)13(3)10-14/h4-7,9-10H,1,8,11H2,2-3H3,(H,20,23). The number of nitrogens with zero attached hydrogens (tertiary/aromatic N) is 2. The molecular weight excluding hydrogens is 366 g/mol. The van der Waals surface area contributed by atoms with Crippen molar-refractivity contribution in [1.29, 1.82) is 0 Å². The molecule has 0 saturated carbocycles. The lowest BCUT2D eigenvalue weighted by Gasteiger charge is -2.10. The van der Waals surface area contributed by atoms with Crippen LogP contribution >= 0.6 is 23.1 Å². The van der Waals surface area contributed by atoms with Crippen LogP contribution in [0.3, 0.4) is 0 Å². The number of aromatic nitrogens is 2. The molecule has 1 N–H and O–H groups in total. The van der Waals surface area contributed by atoms with Crippen molar-refractivity contribution < 1.29 is 4.79 Å². The van der Waals surface area contributed by atoms with Gasteiger partial charge in [-0.1, -0.05) is 23.9 Å². The number of nitrogens with one attached hydrogen (secondary N) is 1. The second-order valence-corrected chi connectivity index (χ2v) is 7.71. The van der Waals surface area contributed by atoms with E-state index in [-0.39, 0.29) is 17.2 Å². The number of carbonyl (C=O) groups excluding carboxylic acids is 1. The summed E-state index contributed by atoms with van der Waals surface area (Å²) in [4.78, 5) is 30.1. The topological polar surface area (TPSA) is 64.0 Å². The number of thiophene rings is 1. The summed E-state index contributed by atoms with van der Waals surface area (Å²) >= 11 is 2.67. The molecule has 1 amide bonds. The van der Waals surface area contributed by atoms with Crippen LogP contribution in [0, 0.1) is 13.8 Å². The third kappa shape index (κ3) is 3.89. The summed E-state index contributed by atoms with van der Waals surface area (Å²) in [5, 5.41) is 5.86. The van der Waals surface area contributed by atoms with Gasteiger partial charge in [0.2, 0.25) is 5.91 Å². The molecule has 2 aromatic heterocycles. The number of benzene rings is 1. The van der Waals surface area contributed by atoms with Crippen LogP contribution in [0.5, 0.6) is 0 Å². The minimum atomic E-state index is -0.135. The van der Waals surface area contributed by atoms with Crippen molar-refractivity contribution in [2.24, 2.45) is 0 Å². The first-order valence-electron chi connectivity index (χ1n) is 8.08. The Bertz CT molecular complexity index is 1040. The maximum absolute atomic E-state index is 12.6. The zero-order chi connectivity index (χ0) is 18.7. The minimum Gasteiger partial charge on any atom is -0.325 e. The van der Waals surface area contributed by atoms with E-state index in [1.807, 2.05) is 37.4 Å². The van der Waals surface area contributed by atoms with E-state index in [9.17, 15) is 9.59 Å². The molecule has 0 aliphatic heterocycles. The van der Waals surface area contributed by atoms with Crippen molar-refractivity contribution in [3.63, 3.8) is 0 Å². The number of amides is 1. The van der Waals surface area contributed by atoms with Gasteiger partial charge in [-0.25, -0.2) is 4.98 Å². The minimum absolute atomic E-state index is 0.104. The van der Waals surface area contributed by atoms with Crippen LogP contribution in [0.15, 0.2) is 52.3 Å². The number of fused-ring (bicyclic) bond motifs is 1. The molecule has 0 bridgehead atoms. The lowest BCUT2D eigenvalue weighted by atomic mass is 10.1. The van der Waals surface area contributed by atoms with E-state index >= 15 is 0 Å². The summed E-state index contributed by atoms with van der Waals surface area (Å²) in [6, 6.07) is 7.58. The normalized spacial score (nSPS) is 10.8. The Labute approximate surface area is 159 Å². The summed E-state index contributed by atoms with van der Waals surface area (Å²) in [6.45, 7) is 8.10. The van der Waals surface area contributed by atoms with Gasteiger partial charge in [0.15, 0.2) is 5.16 Å². The number of carbonyl (C=O) groups is 1. The molecule has 3 rings (SSSR count). The van der Waals surface area contributed by atoms with E-state index < -0.39 is 0 Å². The number of aryl methyl sites for hydroxylation is 2. The molecule has 0 unspecified atom stereocenters. The second-order valence-electron chi connectivity index (χ2n) is 5.87. The third-order valence-electron chi connectivity index (χ3n) is 3.98. The SMILES string of the molecule is C=CCn1c(SCC(=O)Nc2ccc(C)c(C)c2)nc2sccc2c1=O. The predicted octanol–water partition coefficient (Wildman–Crippen LogP) is 3.99. The summed E-state index contributed by atoms with van der Waals surface area (Å²) in [7, 11) is 0. The Morgan fingerprint density at radius 1 is 1.35 bits per heavy atom. The van der Waals surface area contributed by atoms with Gasteiger partial charge in [0.05, 0.1) is 11.1 Å². The molecule has 3 aromatic rings. The van der Waals surface area contributed by atoms with Crippen LogP contribution in [0.1, 0.15) is 11.1 Å². The Morgan fingerprint density at radius 3 is 2.88 bits per heavy atom. The first-order chi connectivity index (χ1) is 12.5. The van der Waals surface area contributed by atoms with E-state index in [0.29, 0.717) is 21.9 Å². The summed E-state index contributed by atoms with van der Waals surface area (Å²) in [6.07, 6.45) is 1.65. The predicted molar refractivity (Wildman–Crippen MR) is 109 cm³/mol. The van der Waals surface area contributed by atoms with Crippen LogP contribution in [0.25, 0.3) is 10.2 Å². The van der Waals surface area contributed by atoms with Crippen LogP contribution in [-0.2, 0) is 11.3 Å². The molecule has 1 aromatic carbocycles. The molecule has 5 nitrogen and oxygen atoms in total. The lowest BCUT2D eigenvalue weighted by molar-refractivity contribution is -0.113. The molecule has 0 fully saturated rings. The number of thioether (sulfide) groups is 1. The molecule has 0 saturated heterocycles. The fraction of sp³-hybridized carbons (Fsp3) is 0.211. The molecule has 0 aliphatic rings. The second kappa shape index (κ2) is 7.88. The molecule has 134 valence electrons. The largest absolute Gasteiger partial charge is 0.325 e. The Kier molecular flexibility index (Phi) is 5.58. The van der Waals surface area contributed by atoms with Gasteiger partial charge in [-0.05, 0) is 48.6 Å². The van der Waals surface area contributed by atoms with Gasteiger partial charge >= 0.3 is 0 Å². The van der Waals surface area contributed by atoms with Crippen LogP contribution in [-0.4, -0.2) is 21.2 Å². The maximum atomic E-state index is 12.6. The van der Waals surface area contributed by atoms with Crippen LogP contribution in [0.4, 0.5) is 5.69 Å². The fourth-order valence-corrected chi connectivity index (χ4v) is 4.09. The number of anilines is 1. The quantitative estimate of drug-likeness (QED) is 0.396. The van der Waals surface area contributed by atoms with E-state index in [1.165, 1.54) is 28.7 Å².